The third kappa shape index (κ3) is 3.76. The maximum atomic E-state index is 13.0. The van der Waals surface area contributed by atoms with Gasteiger partial charge in [-0.3, -0.25) is 9.48 Å². The molecule has 0 saturated carbocycles. The zero-order valence-electron chi connectivity index (χ0n) is 17.9. The Kier molecular flexibility index (Phi) is 4.99. The predicted octanol–water partition coefficient (Wildman–Crippen LogP) is 4.51. The summed E-state index contributed by atoms with van der Waals surface area (Å²) in [5.41, 5.74) is 6.99. The molecule has 2 aromatic carbocycles. The van der Waals surface area contributed by atoms with Gasteiger partial charge in [0.15, 0.2) is 5.65 Å². The largest absolute Gasteiger partial charge is 0.319 e. The molecule has 1 N–H and O–H groups in total. The highest BCUT2D eigenvalue weighted by molar-refractivity contribution is 6.08. The topological polar surface area (TPSA) is 77.1 Å². The average molecular weight is 422 g/mol. The number of fused-ring (bicyclic) bond motifs is 1. The van der Waals surface area contributed by atoms with Crippen LogP contribution in [-0.2, 0) is 6.54 Å². The van der Waals surface area contributed by atoms with Gasteiger partial charge in [-0.1, -0.05) is 54.1 Å². The molecule has 1 amide bonds. The van der Waals surface area contributed by atoms with Gasteiger partial charge < -0.3 is 5.32 Å². The van der Waals surface area contributed by atoms with Crippen molar-refractivity contribution in [2.75, 3.05) is 5.32 Å². The number of carbonyl (C=O) groups is 1. The smallest absolute Gasteiger partial charge is 0.261 e. The predicted molar refractivity (Wildman–Crippen MR) is 124 cm³/mol. The number of aromatic nitrogens is 5. The molecule has 0 fully saturated rings. The molecule has 7 heteroatoms. The van der Waals surface area contributed by atoms with Crippen molar-refractivity contribution in [1.29, 1.82) is 0 Å². The second kappa shape index (κ2) is 8.11. The summed E-state index contributed by atoms with van der Waals surface area (Å²) in [6, 6.07) is 18.2. The molecule has 32 heavy (non-hydrogen) atoms. The molecule has 0 atom stereocenters. The van der Waals surface area contributed by atoms with Crippen molar-refractivity contribution < 1.29 is 4.79 Å². The number of nitrogens with zero attached hydrogens (tertiary/aromatic N) is 5. The van der Waals surface area contributed by atoms with Crippen molar-refractivity contribution in [2.24, 2.45) is 0 Å². The van der Waals surface area contributed by atoms with Crippen molar-refractivity contribution in [3.63, 3.8) is 0 Å². The minimum absolute atomic E-state index is 0.274. The number of nitrogens with one attached hydrogen (secondary N) is 1. The van der Waals surface area contributed by atoms with E-state index in [1.54, 1.807) is 23.1 Å². The molecule has 0 unspecified atom stereocenters. The molecule has 0 radical (unpaired) electrons. The third-order valence-electron chi connectivity index (χ3n) is 5.48. The van der Waals surface area contributed by atoms with Gasteiger partial charge in [0.2, 0.25) is 0 Å². The third-order valence-corrected chi connectivity index (χ3v) is 5.48. The van der Waals surface area contributed by atoms with Gasteiger partial charge in [-0.15, -0.1) is 0 Å². The Morgan fingerprint density at radius 1 is 0.969 bits per heavy atom. The zero-order valence-corrected chi connectivity index (χ0v) is 17.9. The van der Waals surface area contributed by atoms with E-state index in [1.165, 1.54) is 16.7 Å². The van der Waals surface area contributed by atoms with Crippen LogP contribution in [0.1, 0.15) is 27.0 Å². The summed E-state index contributed by atoms with van der Waals surface area (Å²) in [6.45, 7) is 4.76. The van der Waals surface area contributed by atoms with Gasteiger partial charge in [0.1, 0.15) is 5.56 Å². The highest BCUT2D eigenvalue weighted by Crippen LogP contribution is 2.22. The first-order chi connectivity index (χ1) is 15.6. The van der Waals surface area contributed by atoms with Gasteiger partial charge in [-0.25, -0.2) is 9.50 Å². The summed E-state index contributed by atoms with van der Waals surface area (Å²) >= 11 is 0. The van der Waals surface area contributed by atoms with Crippen LogP contribution < -0.4 is 5.32 Å². The maximum absolute atomic E-state index is 13.0. The number of amides is 1. The van der Waals surface area contributed by atoms with Gasteiger partial charge in [-0.2, -0.15) is 10.2 Å². The molecule has 3 heterocycles. The fourth-order valence-corrected chi connectivity index (χ4v) is 3.67. The molecule has 0 aliphatic rings. The van der Waals surface area contributed by atoms with E-state index in [9.17, 15) is 4.79 Å². The van der Waals surface area contributed by atoms with E-state index in [4.69, 9.17) is 0 Å². The first-order valence-corrected chi connectivity index (χ1v) is 10.4. The normalized spacial score (nSPS) is 11.1. The molecule has 5 aromatic rings. The van der Waals surface area contributed by atoms with E-state index < -0.39 is 0 Å². The molecular weight excluding hydrogens is 400 g/mol. The first-order valence-electron chi connectivity index (χ1n) is 10.4. The van der Waals surface area contributed by atoms with Gasteiger partial charge in [0.25, 0.3) is 5.91 Å². The van der Waals surface area contributed by atoms with E-state index >= 15 is 0 Å². The van der Waals surface area contributed by atoms with Crippen molar-refractivity contribution in [1.82, 2.24) is 24.4 Å². The summed E-state index contributed by atoms with van der Waals surface area (Å²) in [7, 11) is 0. The van der Waals surface area contributed by atoms with Crippen LogP contribution in [0.2, 0.25) is 0 Å². The van der Waals surface area contributed by atoms with E-state index in [2.05, 4.69) is 39.6 Å². The molecule has 158 valence electrons. The van der Waals surface area contributed by atoms with E-state index in [1.807, 2.05) is 60.3 Å². The monoisotopic (exact) mass is 422 g/mol. The molecule has 0 saturated heterocycles. The molecular formula is C25H22N6O. The number of benzene rings is 2. The Morgan fingerprint density at radius 3 is 2.59 bits per heavy atom. The van der Waals surface area contributed by atoms with E-state index in [0.29, 0.717) is 23.4 Å². The Hall–Kier alpha value is -4.26. The van der Waals surface area contributed by atoms with Crippen molar-refractivity contribution >= 4 is 17.2 Å². The molecule has 7 nitrogen and oxygen atoms in total. The zero-order chi connectivity index (χ0) is 22.1. The summed E-state index contributed by atoms with van der Waals surface area (Å²) in [4.78, 5) is 17.4. The minimum atomic E-state index is -0.274. The lowest BCUT2D eigenvalue weighted by atomic mass is 10.1. The summed E-state index contributed by atoms with van der Waals surface area (Å²) in [5, 5.41) is 11.7. The van der Waals surface area contributed by atoms with Crippen molar-refractivity contribution in [2.45, 2.75) is 20.4 Å². The number of carbonyl (C=O) groups excluding carboxylic acids is 1. The number of rotatable bonds is 5. The van der Waals surface area contributed by atoms with Crippen LogP contribution in [-0.4, -0.2) is 30.3 Å². The van der Waals surface area contributed by atoms with Crippen molar-refractivity contribution in [3.05, 3.63) is 102 Å². The number of anilines is 1. The van der Waals surface area contributed by atoms with Gasteiger partial charge in [0.05, 0.1) is 30.3 Å². The van der Waals surface area contributed by atoms with E-state index in [0.717, 1.165) is 11.3 Å². The van der Waals surface area contributed by atoms with Crippen LogP contribution >= 0.6 is 0 Å². The first kappa shape index (κ1) is 19.7. The Labute approximate surface area is 185 Å². The average Bonchev–Trinajstić information content (AvgIpc) is 3.42. The quantitative estimate of drug-likeness (QED) is 0.452. The molecule has 0 bridgehead atoms. The van der Waals surface area contributed by atoms with Crippen LogP contribution in [0.4, 0.5) is 5.69 Å². The van der Waals surface area contributed by atoms with Crippen LogP contribution in [0.3, 0.4) is 0 Å². The minimum Gasteiger partial charge on any atom is -0.319 e. The van der Waals surface area contributed by atoms with Crippen molar-refractivity contribution in [3.8, 4) is 11.3 Å². The molecule has 0 spiro atoms. The van der Waals surface area contributed by atoms with E-state index in [-0.39, 0.29) is 5.91 Å². The number of aryl methyl sites for hydroxylation is 2. The van der Waals surface area contributed by atoms with Gasteiger partial charge in [0, 0.05) is 18.0 Å². The summed E-state index contributed by atoms with van der Waals surface area (Å²) in [6.07, 6.45) is 6.71. The second-order valence-electron chi connectivity index (χ2n) is 7.80. The molecule has 3 aromatic heterocycles. The van der Waals surface area contributed by atoms with Gasteiger partial charge >= 0.3 is 0 Å². The Balaban J connectivity index is 1.38. The van der Waals surface area contributed by atoms with Crippen LogP contribution in [0.15, 0.2) is 79.4 Å². The SMILES string of the molecule is Cc1ccc(-c2ccnc3c(C(=O)Nc4cnn(Cc5ccccc5C)c4)cnn23)cc1. The van der Waals surface area contributed by atoms with Crippen LogP contribution in [0.25, 0.3) is 16.9 Å². The standard InChI is InChI=1S/C25H22N6O/c1-17-7-9-19(10-8-17)23-11-12-26-24-22(14-28-31(23)24)25(32)29-21-13-27-30(16-21)15-20-6-4-3-5-18(20)2/h3-14,16H,15H2,1-2H3,(H,29,32). The fourth-order valence-electron chi connectivity index (χ4n) is 3.67. The molecule has 0 aliphatic heterocycles. The Morgan fingerprint density at radius 2 is 1.78 bits per heavy atom. The Bertz CT molecular complexity index is 1410. The second-order valence-corrected chi connectivity index (χ2v) is 7.80. The van der Waals surface area contributed by atoms with Crippen LogP contribution in [0, 0.1) is 13.8 Å². The lowest BCUT2D eigenvalue weighted by Gasteiger charge is -2.06. The number of hydrogen-bond acceptors (Lipinski definition) is 4. The molecule has 5 rings (SSSR count). The van der Waals surface area contributed by atoms with Crippen LogP contribution in [0.5, 0.6) is 0 Å². The highest BCUT2D eigenvalue weighted by atomic mass is 16.1. The lowest BCUT2D eigenvalue weighted by molar-refractivity contribution is 0.102. The maximum Gasteiger partial charge on any atom is 0.261 e. The summed E-state index contributed by atoms with van der Waals surface area (Å²) < 4.78 is 3.50. The van der Waals surface area contributed by atoms with Gasteiger partial charge in [-0.05, 0) is 31.0 Å². The lowest BCUT2D eigenvalue weighted by Crippen LogP contribution is -2.11. The number of hydrogen-bond donors (Lipinski definition) is 1. The molecule has 0 aliphatic carbocycles. The highest BCUT2D eigenvalue weighted by Gasteiger charge is 2.17. The fraction of sp³-hybridized carbons (Fsp3) is 0.120. The summed E-state index contributed by atoms with van der Waals surface area (Å²) in [5.74, 6) is -0.274.